The van der Waals surface area contributed by atoms with E-state index < -0.39 is 32.1 Å². The van der Waals surface area contributed by atoms with Crippen molar-refractivity contribution in [3.63, 3.8) is 0 Å². The molecule has 1 aliphatic rings. The highest BCUT2D eigenvalue weighted by molar-refractivity contribution is 7.79. The number of anilines is 4. The lowest BCUT2D eigenvalue weighted by Crippen LogP contribution is -2.50. The summed E-state index contributed by atoms with van der Waals surface area (Å²) in [5.41, 5.74) is 2.77. The monoisotopic (exact) mass is 1040 g/mol. The van der Waals surface area contributed by atoms with Crippen LogP contribution in [0.15, 0.2) is 67.7 Å². The number of unbranched alkanes of at least 4 members (excludes halogenated alkanes) is 8. The number of hydrogen-bond donors (Lipinski definition) is 4. The first kappa shape index (κ1) is 68.5. The largest absolute Gasteiger partial charge is 0.759 e. The van der Waals surface area contributed by atoms with Gasteiger partial charge in [-0.15, -0.1) is 0 Å². The van der Waals surface area contributed by atoms with Crippen molar-refractivity contribution in [3.05, 3.63) is 112 Å². The van der Waals surface area contributed by atoms with E-state index in [-0.39, 0.29) is 11.0 Å². The van der Waals surface area contributed by atoms with Crippen molar-refractivity contribution in [2.45, 2.75) is 184 Å². The fourth-order valence-electron chi connectivity index (χ4n) is 9.21. The molecule has 0 saturated carbocycles. The summed E-state index contributed by atoms with van der Waals surface area (Å²) in [5, 5.41) is 12.3. The molecule has 1 aliphatic heterocycles. The second-order valence-corrected chi connectivity index (χ2v) is 20.4. The Morgan fingerprint density at radius 3 is 0.699 bits per heavy atom. The first-order chi connectivity index (χ1) is 34.0. The molecular weight excluding hydrogens is 949 g/mol. The fraction of sp³-hybridized carbons (Fsp3) is 0.643. The van der Waals surface area contributed by atoms with Gasteiger partial charge in [0.15, 0.2) is 0 Å². The Hall–Kier alpha value is -4.49. The minimum atomic E-state index is -5.17. The van der Waals surface area contributed by atoms with E-state index in [1.165, 1.54) is 164 Å². The number of benzene rings is 2. The molecule has 0 atom stereocenters. The van der Waals surface area contributed by atoms with Crippen LogP contribution >= 0.6 is 0 Å². The average Bonchev–Trinajstić information content (AvgIpc) is 3.36. The minimum Gasteiger partial charge on any atom is -0.759 e. The van der Waals surface area contributed by atoms with E-state index in [0.29, 0.717) is 48.9 Å². The molecule has 1 heterocycles. The van der Waals surface area contributed by atoms with E-state index in [1.54, 1.807) is 0 Å². The molecule has 73 heavy (non-hydrogen) atoms. The van der Waals surface area contributed by atoms with Crippen molar-refractivity contribution < 1.29 is 37.4 Å². The van der Waals surface area contributed by atoms with E-state index >= 15 is 0 Å². The van der Waals surface area contributed by atoms with Crippen LogP contribution in [0, 0.1) is 0 Å². The van der Waals surface area contributed by atoms with Gasteiger partial charge in [0, 0.05) is 36.6 Å². The van der Waals surface area contributed by atoms with Crippen LogP contribution in [0.2, 0.25) is 0 Å². The zero-order chi connectivity index (χ0) is 52.7. The predicted molar refractivity (Wildman–Crippen MR) is 301 cm³/mol. The van der Waals surface area contributed by atoms with Crippen LogP contribution in [-0.4, -0.2) is 89.8 Å². The number of nitrogens with zero attached hydrogens (tertiary/aromatic N) is 2. The summed E-state index contributed by atoms with van der Waals surface area (Å²) in [4.78, 5) is 48.2. The van der Waals surface area contributed by atoms with Gasteiger partial charge in [-0.05, 0) is 73.6 Å². The van der Waals surface area contributed by atoms with Crippen molar-refractivity contribution in [3.8, 4) is 0 Å². The Labute approximate surface area is 438 Å². The summed E-state index contributed by atoms with van der Waals surface area (Å²) in [6.07, 6.45) is 22.1. The Morgan fingerprint density at radius 1 is 0.384 bits per heavy atom. The molecule has 0 saturated heterocycles. The first-order valence-corrected chi connectivity index (χ1v) is 28.5. The van der Waals surface area contributed by atoms with Crippen molar-refractivity contribution >= 4 is 33.1 Å². The summed E-state index contributed by atoms with van der Waals surface area (Å²) < 4.78 is 36.9. The van der Waals surface area contributed by atoms with E-state index in [1.807, 2.05) is 48.5 Å². The Morgan fingerprint density at radius 2 is 0.548 bits per heavy atom. The van der Waals surface area contributed by atoms with Crippen molar-refractivity contribution in [1.82, 2.24) is 0 Å². The lowest BCUT2D eigenvalue weighted by molar-refractivity contribution is -0.929. The standard InChI is InChI=1S/C24H20N4O4.2C16H36N.H2O4S.2H2O/c29-21-17-19(23(21)31)27-11-15-5-2-6-16(8-15)12-28-20-18(22(30)24(20)32)26-10-14-4-1-3-13(7-14)9-25-17;2*1-5-9-13-17(14-10-6-2,15-11-7-3)16-12-8-4;1-5(2,3)4;;/h1-8,25-28H,9-12H2;2*5-16H2,1-4H3;(H2,1,2,3,4);2*1H2/q;2*+1;;;/p-2. The molecule has 0 unspecified atom stereocenters. The summed E-state index contributed by atoms with van der Waals surface area (Å²) in [6.45, 7) is 31.5. The Balaban J connectivity index is 0.00000109. The van der Waals surface area contributed by atoms with E-state index in [9.17, 15) is 19.2 Å². The molecule has 4 aromatic carbocycles. The maximum atomic E-state index is 12.1. The van der Waals surface area contributed by atoms with Gasteiger partial charge in [-0.2, -0.15) is 0 Å². The van der Waals surface area contributed by atoms with Crippen molar-refractivity contribution in [1.29, 1.82) is 0 Å². The third-order valence-electron chi connectivity index (χ3n) is 13.6. The van der Waals surface area contributed by atoms with Gasteiger partial charge in [0.05, 0.1) is 52.4 Å². The normalized spacial score (nSPS) is 12.5. The highest BCUT2D eigenvalue weighted by Gasteiger charge is 2.26. The first-order valence-electron chi connectivity index (χ1n) is 27.1. The minimum absolute atomic E-state index is 0. The lowest BCUT2D eigenvalue weighted by Gasteiger charge is -2.39. The van der Waals surface area contributed by atoms with Crippen LogP contribution in [0.1, 0.15) is 180 Å². The Kier molecular flexibility index (Phi) is 35.0. The number of nitrogens with one attached hydrogen (secondary N) is 4. The molecule has 4 bridgehead atoms. The van der Waals surface area contributed by atoms with E-state index in [4.69, 9.17) is 17.5 Å². The molecular formula is C56H96N6O10S. The van der Waals surface area contributed by atoms with Crippen LogP contribution < -0.4 is 43.0 Å². The second kappa shape index (κ2) is 37.3. The van der Waals surface area contributed by atoms with Crippen molar-refractivity contribution in [2.75, 3.05) is 73.6 Å². The predicted octanol–water partition coefficient (Wildman–Crippen LogP) is 8.66. The number of rotatable bonds is 24. The van der Waals surface area contributed by atoms with Gasteiger partial charge in [-0.25, -0.2) is 0 Å². The van der Waals surface area contributed by atoms with Crippen molar-refractivity contribution in [2.24, 2.45) is 0 Å². The topological polar surface area (TPSA) is 260 Å². The summed E-state index contributed by atoms with van der Waals surface area (Å²) in [5.74, 6) is 0. The summed E-state index contributed by atoms with van der Waals surface area (Å²) in [7, 11) is -5.17. The van der Waals surface area contributed by atoms with Gasteiger partial charge in [0.2, 0.25) is 0 Å². The average molecular weight is 1050 g/mol. The van der Waals surface area contributed by atoms with Gasteiger partial charge in [0.25, 0.3) is 21.7 Å². The molecule has 17 heteroatoms. The maximum Gasteiger partial charge on any atom is 0.253 e. The number of fused-ring (bicyclic) bond motifs is 6. The quantitative estimate of drug-likeness (QED) is 0.0222. The Bertz CT molecular complexity index is 2020. The molecule has 416 valence electrons. The molecule has 0 aliphatic carbocycles. The van der Waals surface area contributed by atoms with Crippen LogP contribution in [0.3, 0.4) is 0 Å². The number of hydrogen-bond acceptors (Lipinski definition) is 12. The zero-order valence-electron chi connectivity index (χ0n) is 46.0. The molecule has 0 aromatic heterocycles. The highest BCUT2D eigenvalue weighted by Crippen LogP contribution is 2.22. The molecule has 4 aromatic rings. The third kappa shape index (κ3) is 25.1. The van der Waals surface area contributed by atoms with Gasteiger partial charge in [-0.3, -0.25) is 27.6 Å². The van der Waals surface area contributed by atoms with Crippen LogP contribution in [0.25, 0.3) is 0 Å². The molecule has 0 spiro atoms. The smallest absolute Gasteiger partial charge is 0.253 e. The summed E-state index contributed by atoms with van der Waals surface area (Å²) >= 11 is 0. The molecule has 5 rings (SSSR count). The lowest BCUT2D eigenvalue weighted by atomic mass is 10.1. The van der Waals surface area contributed by atoms with Gasteiger partial charge >= 0.3 is 0 Å². The highest BCUT2D eigenvalue weighted by atomic mass is 32.3. The molecule has 8 N–H and O–H groups in total. The molecule has 0 amide bonds. The van der Waals surface area contributed by atoms with Gasteiger partial charge in [-0.1, -0.05) is 155 Å². The SMILES string of the molecule is CCCC[N+](CCCC)(CCCC)CCCC.CCCC[N+](CCCC)(CCCC)CCCC.O.O.O=S(=O)([O-])[O-].O=c1c2c(c1=O)NCc1cccc(c1)CNc1c(c(=O)c1=O)NCc1cccc(c1)CN2. The van der Waals surface area contributed by atoms with Crippen LogP contribution in [-0.2, 0) is 36.6 Å². The second-order valence-electron chi connectivity index (χ2n) is 19.6. The zero-order valence-corrected chi connectivity index (χ0v) is 46.8. The summed E-state index contributed by atoms with van der Waals surface area (Å²) in [6, 6.07) is 15.2. The van der Waals surface area contributed by atoms with Crippen LogP contribution in [0.5, 0.6) is 0 Å². The van der Waals surface area contributed by atoms with Gasteiger partial charge < -0.3 is 50.3 Å². The third-order valence-corrected chi connectivity index (χ3v) is 13.6. The molecule has 0 fully saturated rings. The molecule has 0 radical (unpaired) electrons. The number of quaternary nitrogens is 2. The fourth-order valence-corrected chi connectivity index (χ4v) is 9.21. The van der Waals surface area contributed by atoms with E-state index in [0.717, 1.165) is 22.3 Å². The maximum absolute atomic E-state index is 12.1. The van der Waals surface area contributed by atoms with E-state index in [2.05, 4.69) is 76.7 Å². The van der Waals surface area contributed by atoms with Crippen LogP contribution in [0.4, 0.5) is 22.7 Å². The molecule has 16 nitrogen and oxygen atoms in total. The van der Waals surface area contributed by atoms with Gasteiger partial charge in [0.1, 0.15) is 22.7 Å².